The summed E-state index contributed by atoms with van der Waals surface area (Å²) in [4.78, 5) is 25.1. The smallest absolute Gasteiger partial charge is 0.258 e. The largest absolute Gasteiger partial charge is 0.312 e. The van der Waals surface area contributed by atoms with Crippen LogP contribution >= 0.6 is 22.7 Å². The molecule has 2 heterocycles. The van der Waals surface area contributed by atoms with Crippen molar-refractivity contribution < 1.29 is 9.85 Å². The van der Waals surface area contributed by atoms with Crippen molar-refractivity contribution in [2.45, 2.75) is 0 Å². The van der Waals surface area contributed by atoms with Crippen molar-refractivity contribution in [3.8, 4) is 0 Å². The van der Waals surface area contributed by atoms with Gasteiger partial charge in [-0.1, -0.05) is 11.3 Å². The fraction of sp³-hybridized carbons (Fsp3) is 0. The minimum absolute atomic E-state index is 0.00370. The van der Waals surface area contributed by atoms with Crippen molar-refractivity contribution in [3.05, 3.63) is 66.6 Å². The van der Waals surface area contributed by atoms with Crippen LogP contribution in [0.3, 0.4) is 0 Å². The topological polar surface area (TPSA) is 95.0 Å². The Hall–Kier alpha value is -2.82. The Kier molecular flexibility index (Phi) is 5.29. The molecule has 0 bridgehead atoms. The normalized spacial score (nSPS) is 8.70. The Morgan fingerprint density at radius 2 is 1.70 bits per heavy atom. The van der Waals surface area contributed by atoms with Gasteiger partial charge in [-0.3, -0.25) is 20.2 Å². The van der Waals surface area contributed by atoms with Gasteiger partial charge in [-0.15, -0.1) is 0 Å². The summed E-state index contributed by atoms with van der Waals surface area (Å²) in [6.07, 6.45) is 0. The molecule has 2 aromatic heterocycles. The lowest BCUT2D eigenvalue weighted by atomic mass is 10.5. The van der Waals surface area contributed by atoms with Crippen LogP contribution in [0, 0.1) is 33.4 Å². The maximum Gasteiger partial charge on any atom is 0.312 e. The van der Waals surface area contributed by atoms with E-state index in [2.05, 4.69) is 9.69 Å². The van der Waals surface area contributed by atoms with E-state index < -0.39 is 9.85 Å². The molecular weight excluding hydrogens is 304 g/mol. The summed E-state index contributed by atoms with van der Waals surface area (Å²) >= 11 is 1.97. The van der Waals surface area contributed by atoms with Crippen LogP contribution in [-0.4, -0.2) is 9.85 Å². The van der Waals surface area contributed by atoms with Crippen molar-refractivity contribution in [3.63, 3.8) is 0 Å². The Morgan fingerprint density at radius 3 is 2.00 bits per heavy atom. The van der Waals surface area contributed by atoms with Crippen LogP contribution in [0.25, 0.3) is 9.69 Å². The molecule has 10 heteroatoms. The summed E-state index contributed by atoms with van der Waals surface area (Å²) < 4.78 is 0. The minimum atomic E-state index is -0.509. The van der Waals surface area contributed by atoms with Crippen molar-refractivity contribution in [2.24, 2.45) is 0 Å². The first kappa shape index (κ1) is 15.2. The summed E-state index contributed by atoms with van der Waals surface area (Å²) in [6, 6.07) is 4.03. The van der Waals surface area contributed by atoms with E-state index in [9.17, 15) is 20.2 Å². The molecule has 2 rings (SSSR count). The highest BCUT2D eigenvalue weighted by atomic mass is 32.1. The number of hydrogen-bond donors (Lipinski definition) is 0. The standard InChI is InChI=1S/2C5H2N2O2S/c1-6-5-2-4(3-10-5)7(8)9;1-6-4-2-3-5(10-4)7(8)9/h2*2-3H. The third-order valence-electron chi connectivity index (χ3n) is 1.76. The van der Waals surface area contributed by atoms with Crippen molar-refractivity contribution in [1.29, 1.82) is 0 Å². The van der Waals surface area contributed by atoms with Gasteiger partial charge in [0, 0.05) is 12.1 Å². The molecule has 0 aliphatic rings. The molecule has 0 amide bonds. The van der Waals surface area contributed by atoms with Gasteiger partial charge < -0.3 is 0 Å². The Morgan fingerprint density at radius 1 is 1.05 bits per heavy atom. The second-order valence-corrected chi connectivity index (χ2v) is 4.92. The van der Waals surface area contributed by atoms with Gasteiger partial charge in [-0.05, 0) is 6.07 Å². The molecule has 0 saturated heterocycles. The molecule has 0 saturated carbocycles. The van der Waals surface area contributed by atoms with Gasteiger partial charge in [0.25, 0.3) is 5.69 Å². The molecule has 2 aromatic rings. The highest BCUT2D eigenvalue weighted by Crippen LogP contribution is 2.30. The van der Waals surface area contributed by atoms with Crippen molar-refractivity contribution in [1.82, 2.24) is 0 Å². The molecule has 8 nitrogen and oxygen atoms in total. The summed E-state index contributed by atoms with van der Waals surface area (Å²) in [5.41, 5.74) is -0.00370. The first-order valence-corrected chi connectivity index (χ1v) is 6.39. The zero-order valence-electron chi connectivity index (χ0n) is 9.55. The molecular formula is C10H4N4O4S2. The van der Waals surface area contributed by atoms with Crippen LogP contribution in [0.1, 0.15) is 0 Å². The van der Waals surface area contributed by atoms with E-state index in [1.165, 1.54) is 23.6 Å². The lowest BCUT2D eigenvalue weighted by molar-refractivity contribution is -0.384. The second kappa shape index (κ2) is 6.94. The highest BCUT2D eigenvalue weighted by Gasteiger charge is 2.08. The lowest BCUT2D eigenvalue weighted by Crippen LogP contribution is -1.81. The van der Waals surface area contributed by atoms with Crippen LogP contribution in [0.5, 0.6) is 0 Å². The monoisotopic (exact) mass is 308 g/mol. The number of hydrogen-bond acceptors (Lipinski definition) is 6. The van der Waals surface area contributed by atoms with Gasteiger partial charge in [-0.2, -0.15) is 11.3 Å². The second-order valence-electron chi connectivity index (χ2n) is 2.99. The van der Waals surface area contributed by atoms with E-state index in [0.717, 1.165) is 22.7 Å². The molecule has 100 valence electrons. The molecule has 0 aliphatic carbocycles. The average Bonchev–Trinajstić information content (AvgIpc) is 3.08. The van der Waals surface area contributed by atoms with Gasteiger partial charge in [-0.25, -0.2) is 9.69 Å². The van der Waals surface area contributed by atoms with Crippen LogP contribution in [0.15, 0.2) is 23.6 Å². The van der Waals surface area contributed by atoms with Crippen LogP contribution in [0.2, 0.25) is 0 Å². The Labute approximate surface area is 120 Å². The van der Waals surface area contributed by atoms with Gasteiger partial charge in [0.2, 0.25) is 10.0 Å². The van der Waals surface area contributed by atoms with Crippen LogP contribution in [-0.2, 0) is 0 Å². The van der Waals surface area contributed by atoms with Gasteiger partial charge in [0.05, 0.1) is 28.4 Å². The van der Waals surface area contributed by atoms with Gasteiger partial charge in [0.1, 0.15) is 0 Å². The van der Waals surface area contributed by atoms with Crippen LogP contribution < -0.4 is 0 Å². The van der Waals surface area contributed by atoms with E-state index in [4.69, 9.17) is 13.1 Å². The molecule has 20 heavy (non-hydrogen) atoms. The average molecular weight is 308 g/mol. The molecule has 0 aromatic carbocycles. The van der Waals surface area contributed by atoms with E-state index in [0.29, 0.717) is 10.0 Å². The Balaban J connectivity index is 0.000000200. The zero-order chi connectivity index (χ0) is 15.1. The maximum atomic E-state index is 10.0. The van der Waals surface area contributed by atoms with Crippen LogP contribution in [0.4, 0.5) is 20.7 Å². The summed E-state index contributed by atoms with van der Waals surface area (Å²) in [5, 5.41) is 22.2. The SMILES string of the molecule is [C-]#[N+]c1cc([N+](=O)[O-])cs1.[C-]#[N+]c1ccc([N+](=O)[O-])s1. The molecule has 0 unspecified atom stereocenters. The Bertz CT molecular complexity index is 660. The molecule has 0 N–H and O–H groups in total. The van der Waals surface area contributed by atoms with E-state index in [-0.39, 0.29) is 10.7 Å². The molecule has 0 fully saturated rings. The fourth-order valence-electron chi connectivity index (χ4n) is 0.946. The van der Waals surface area contributed by atoms with Crippen molar-refractivity contribution in [2.75, 3.05) is 0 Å². The summed E-state index contributed by atoms with van der Waals surface area (Å²) in [5.74, 6) is 0. The van der Waals surface area contributed by atoms with Gasteiger partial charge >= 0.3 is 5.00 Å². The fourth-order valence-corrected chi connectivity index (χ4v) is 2.19. The maximum absolute atomic E-state index is 10.0. The highest BCUT2D eigenvalue weighted by molar-refractivity contribution is 7.19. The quantitative estimate of drug-likeness (QED) is 0.466. The third kappa shape index (κ3) is 4.13. The summed E-state index contributed by atoms with van der Waals surface area (Å²) in [7, 11) is 0. The molecule has 0 radical (unpaired) electrons. The number of nitro groups is 2. The number of rotatable bonds is 2. The molecule has 0 spiro atoms. The van der Waals surface area contributed by atoms with E-state index in [1.54, 1.807) is 0 Å². The minimum Gasteiger partial charge on any atom is -0.258 e. The first-order valence-electron chi connectivity index (χ1n) is 4.70. The first-order chi connectivity index (χ1) is 9.47. The summed E-state index contributed by atoms with van der Waals surface area (Å²) in [6.45, 7) is 13.0. The predicted octanol–water partition coefficient (Wildman–Crippen LogP) is 4.41. The van der Waals surface area contributed by atoms with Crippen molar-refractivity contribution >= 4 is 43.4 Å². The lowest BCUT2D eigenvalue weighted by Gasteiger charge is -1.78. The third-order valence-corrected chi connectivity index (χ3v) is 3.50. The predicted molar refractivity (Wildman–Crippen MR) is 74.5 cm³/mol. The van der Waals surface area contributed by atoms with E-state index >= 15 is 0 Å². The number of nitrogens with zero attached hydrogens (tertiary/aromatic N) is 4. The van der Waals surface area contributed by atoms with E-state index in [1.807, 2.05) is 0 Å². The number of thiophene rings is 2. The molecule has 0 atom stereocenters. The van der Waals surface area contributed by atoms with Gasteiger partial charge in [0.15, 0.2) is 0 Å². The zero-order valence-corrected chi connectivity index (χ0v) is 11.2. The molecule has 0 aliphatic heterocycles.